The molecular formula is C14H9F2N5O4. The van der Waals surface area contributed by atoms with Crippen molar-refractivity contribution in [2.24, 2.45) is 4.99 Å². The van der Waals surface area contributed by atoms with Crippen LogP contribution in [0.5, 0.6) is 0 Å². The third-order valence-electron chi connectivity index (χ3n) is 3.31. The van der Waals surface area contributed by atoms with Gasteiger partial charge in [0.2, 0.25) is 5.52 Å². The van der Waals surface area contributed by atoms with E-state index in [9.17, 15) is 24.1 Å². The van der Waals surface area contributed by atoms with E-state index in [1.807, 2.05) is 5.48 Å². The predicted octanol–water partition coefficient (Wildman–Crippen LogP) is 2.66. The summed E-state index contributed by atoms with van der Waals surface area (Å²) in [6.45, 7) is 0. The molecular weight excluding hydrogens is 340 g/mol. The number of nitrogens with one attached hydrogen (secondary N) is 1. The molecule has 9 nitrogen and oxygen atoms in total. The molecule has 0 aliphatic rings. The second-order valence-electron chi connectivity index (χ2n) is 4.92. The van der Waals surface area contributed by atoms with Crippen LogP contribution in [0.3, 0.4) is 0 Å². The molecule has 0 amide bonds. The molecule has 128 valence electrons. The SMILES string of the molecule is O=[N+]([O-])c1ccc(N=C(Cc2ccc(F)c(F)c2)NO)c2nonc12. The summed E-state index contributed by atoms with van der Waals surface area (Å²) in [4.78, 5) is 14.4. The number of rotatable bonds is 4. The largest absolute Gasteiger partial charge is 0.300 e. The van der Waals surface area contributed by atoms with Crippen LogP contribution in [0.4, 0.5) is 20.2 Å². The normalized spacial score (nSPS) is 11.7. The Labute approximate surface area is 137 Å². The smallest absolute Gasteiger partial charge is 0.290 e. The van der Waals surface area contributed by atoms with Gasteiger partial charge in [-0.15, -0.1) is 0 Å². The van der Waals surface area contributed by atoms with Gasteiger partial charge in [-0.05, 0) is 34.1 Å². The summed E-state index contributed by atoms with van der Waals surface area (Å²) in [5.41, 5.74) is 1.94. The molecule has 11 heteroatoms. The Hall–Kier alpha value is -3.47. The third-order valence-corrected chi connectivity index (χ3v) is 3.31. The van der Waals surface area contributed by atoms with Crippen molar-refractivity contribution in [3.8, 4) is 0 Å². The van der Waals surface area contributed by atoms with Gasteiger partial charge in [0.25, 0.3) is 0 Å². The number of nitrogens with zero attached hydrogens (tertiary/aromatic N) is 4. The van der Waals surface area contributed by atoms with Gasteiger partial charge in [-0.3, -0.25) is 20.8 Å². The lowest BCUT2D eigenvalue weighted by atomic mass is 10.1. The van der Waals surface area contributed by atoms with Crippen molar-refractivity contribution in [3.05, 3.63) is 57.6 Å². The first-order chi connectivity index (χ1) is 12.0. The van der Waals surface area contributed by atoms with E-state index in [-0.39, 0.29) is 34.7 Å². The number of nitro benzene ring substituents is 1. The lowest BCUT2D eigenvalue weighted by molar-refractivity contribution is -0.383. The van der Waals surface area contributed by atoms with Crippen molar-refractivity contribution < 1.29 is 23.5 Å². The number of fused-ring (bicyclic) bond motifs is 1. The van der Waals surface area contributed by atoms with Gasteiger partial charge >= 0.3 is 5.69 Å². The highest BCUT2D eigenvalue weighted by Gasteiger charge is 2.19. The van der Waals surface area contributed by atoms with E-state index < -0.39 is 16.6 Å². The van der Waals surface area contributed by atoms with Gasteiger partial charge in [0, 0.05) is 12.5 Å². The van der Waals surface area contributed by atoms with Crippen molar-refractivity contribution >= 4 is 28.2 Å². The number of aliphatic imine (C=N–C) groups is 1. The Morgan fingerprint density at radius 1 is 1.24 bits per heavy atom. The summed E-state index contributed by atoms with van der Waals surface area (Å²) in [6.07, 6.45) is -0.0581. The molecule has 3 aromatic rings. The molecule has 2 N–H and O–H groups in total. The van der Waals surface area contributed by atoms with Crippen LogP contribution >= 0.6 is 0 Å². The van der Waals surface area contributed by atoms with Gasteiger partial charge in [0.1, 0.15) is 5.84 Å². The maximum Gasteiger partial charge on any atom is 0.300 e. The molecule has 0 saturated heterocycles. The molecule has 0 aliphatic heterocycles. The Bertz CT molecular complexity index is 989. The molecule has 0 radical (unpaired) electrons. The van der Waals surface area contributed by atoms with Gasteiger partial charge in [-0.1, -0.05) is 6.07 Å². The first-order valence-electron chi connectivity index (χ1n) is 6.81. The number of halogens is 2. The highest BCUT2D eigenvalue weighted by atomic mass is 19.2. The van der Waals surface area contributed by atoms with Crippen LogP contribution in [0, 0.1) is 21.7 Å². The summed E-state index contributed by atoms with van der Waals surface area (Å²) in [5.74, 6) is -2.05. The molecule has 0 atom stereocenters. The van der Waals surface area contributed by atoms with Crippen LogP contribution < -0.4 is 5.48 Å². The Morgan fingerprint density at radius 2 is 2.00 bits per heavy atom. The van der Waals surface area contributed by atoms with Crippen molar-refractivity contribution in [2.75, 3.05) is 0 Å². The zero-order valence-corrected chi connectivity index (χ0v) is 12.3. The number of hydroxylamine groups is 1. The number of hydrogen-bond donors (Lipinski definition) is 2. The summed E-state index contributed by atoms with van der Waals surface area (Å²) in [5, 5.41) is 27.2. The number of benzene rings is 2. The molecule has 0 aliphatic carbocycles. The highest BCUT2D eigenvalue weighted by molar-refractivity contribution is 5.95. The summed E-state index contributed by atoms with van der Waals surface area (Å²) in [7, 11) is 0. The molecule has 1 heterocycles. The van der Waals surface area contributed by atoms with Gasteiger partial charge in [-0.25, -0.2) is 18.4 Å². The van der Waals surface area contributed by atoms with Gasteiger partial charge in [-0.2, -0.15) is 0 Å². The molecule has 2 aromatic carbocycles. The minimum Gasteiger partial charge on any atom is -0.290 e. The molecule has 25 heavy (non-hydrogen) atoms. The van der Waals surface area contributed by atoms with Gasteiger partial charge in [0.05, 0.1) is 10.6 Å². The molecule has 0 spiro atoms. The van der Waals surface area contributed by atoms with Crippen LogP contribution in [0.1, 0.15) is 5.56 Å². The van der Waals surface area contributed by atoms with Gasteiger partial charge < -0.3 is 0 Å². The third kappa shape index (κ3) is 3.26. The second kappa shape index (κ2) is 6.57. The Morgan fingerprint density at radius 3 is 2.68 bits per heavy atom. The first-order valence-corrected chi connectivity index (χ1v) is 6.81. The monoisotopic (exact) mass is 349 g/mol. The summed E-state index contributed by atoms with van der Waals surface area (Å²) < 4.78 is 30.7. The Balaban J connectivity index is 1.98. The minimum absolute atomic E-state index is 0.0206. The molecule has 0 bridgehead atoms. The van der Waals surface area contributed by atoms with E-state index in [0.717, 1.165) is 18.2 Å². The van der Waals surface area contributed by atoms with Crippen molar-refractivity contribution in [1.82, 2.24) is 15.8 Å². The summed E-state index contributed by atoms with van der Waals surface area (Å²) >= 11 is 0. The number of nitro groups is 1. The fourth-order valence-electron chi connectivity index (χ4n) is 2.17. The molecule has 0 fully saturated rings. The first kappa shape index (κ1) is 16.4. The quantitative estimate of drug-likeness (QED) is 0.321. The van der Waals surface area contributed by atoms with Gasteiger partial charge in [0.15, 0.2) is 17.2 Å². The van der Waals surface area contributed by atoms with Crippen LogP contribution in [-0.2, 0) is 6.42 Å². The van der Waals surface area contributed by atoms with Crippen LogP contribution in [0.25, 0.3) is 11.0 Å². The summed E-state index contributed by atoms with van der Waals surface area (Å²) in [6, 6.07) is 5.70. The maximum atomic E-state index is 13.3. The molecule has 3 rings (SSSR count). The molecule has 0 saturated carbocycles. The fourth-order valence-corrected chi connectivity index (χ4v) is 2.17. The lowest BCUT2D eigenvalue weighted by Crippen LogP contribution is -2.21. The number of non-ortho nitro benzene ring substituents is 1. The average molecular weight is 349 g/mol. The number of amidine groups is 1. The van der Waals surface area contributed by atoms with Crippen molar-refractivity contribution in [2.45, 2.75) is 6.42 Å². The standard InChI is InChI=1S/C14H9F2N5O4/c15-8-2-1-7(5-9(8)16)6-12(18-22)17-10-3-4-11(21(23)24)14-13(10)19-25-20-14/h1-5,22H,6H2,(H,17,18). The van der Waals surface area contributed by atoms with Crippen LogP contribution in [-0.4, -0.2) is 26.3 Å². The zero-order chi connectivity index (χ0) is 18.0. The molecule has 0 unspecified atom stereocenters. The van der Waals surface area contributed by atoms with E-state index in [4.69, 9.17) is 0 Å². The Kier molecular flexibility index (Phi) is 4.31. The van der Waals surface area contributed by atoms with Crippen molar-refractivity contribution in [3.63, 3.8) is 0 Å². The van der Waals surface area contributed by atoms with Crippen LogP contribution in [0.2, 0.25) is 0 Å². The average Bonchev–Trinajstić information content (AvgIpc) is 3.07. The predicted molar refractivity (Wildman–Crippen MR) is 80.5 cm³/mol. The van der Waals surface area contributed by atoms with E-state index in [1.165, 1.54) is 12.1 Å². The maximum absolute atomic E-state index is 13.3. The van der Waals surface area contributed by atoms with E-state index in [2.05, 4.69) is 19.9 Å². The highest BCUT2D eigenvalue weighted by Crippen LogP contribution is 2.30. The van der Waals surface area contributed by atoms with E-state index in [0.29, 0.717) is 5.56 Å². The topological polar surface area (TPSA) is 127 Å². The number of hydrogen-bond acceptors (Lipinski definition) is 7. The van der Waals surface area contributed by atoms with Crippen LogP contribution in [0.15, 0.2) is 40.0 Å². The number of aromatic nitrogens is 2. The zero-order valence-electron chi connectivity index (χ0n) is 12.3. The molecule has 1 aromatic heterocycles. The second-order valence-corrected chi connectivity index (χ2v) is 4.92. The minimum atomic E-state index is -1.03. The van der Waals surface area contributed by atoms with E-state index >= 15 is 0 Å². The lowest BCUT2D eigenvalue weighted by Gasteiger charge is -2.06. The van der Waals surface area contributed by atoms with Crippen molar-refractivity contribution in [1.29, 1.82) is 0 Å². The van der Waals surface area contributed by atoms with E-state index in [1.54, 1.807) is 0 Å². The fraction of sp³-hybridized carbons (Fsp3) is 0.0714.